The van der Waals surface area contributed by atoms with Crippen molar-refractivity contribution in [1.29, 1.82) is 0 Å². The number of aromatic amines is 1. The lowest BCUT2D eigenvalue weighted by Gasteiger charge is -2.09. The Kier molecular flexibility index (Phi) is 4.81. The van der Waals surface area contributed by atoms with Crippen LogP contribution in [0.3, 0.4) is 0 Å². The summed E-state index contributed by atoms with van der Waals surface area (Å²) in [5.74, 6) is 1.16. The van der Waals surface area contributed by atoms with Crippen LogP contribution in [0.2, 0.25) is 0 Å². The van der Waals surface area contributed by atoms with E-state index in [9.17, 15) is 4.79 Å². The Labute approximate surface area is 145 Å². The summed E-state index contributed by atoms with van der Waals surface area (Å²) in [4.78, 5) is 17.0. The van der Waals surface area contributed by atoms with Crippen LogP contribution in [-0.2, 0) is 0 Å². The number of Topliss-reactive ketones (excluding diaryl/α,β-unsaturated/α-hetero) is 1. The molecule has 2 aromatic carbocycles. The molecule has 0 atom stereocenters. The highest BCUT2D eigenvalue weighted by Gasteiger charge is 2.15. The second kappa shape index (κ2) is 7.01. The Morgan fingerprint density at radius 2 is 1.75 bits per heavy atom. The average molecular weight is 337 g/mol. The van der Waals surface area contributed by atoms with E-state index in [0.717, 1.165) is 22.3 Å². The summed E-state index contributed by atoms with van der Waals surface area (Å²) in [6.07, 6.45) is 0. The molecule has 0 spiro atoms. The van der Waals surface area contributed by atoms with Gasteiger partial charge in [-0.25, -0.2) is 4.98 Å². The molecule has 0 aliphatic rings. The van der Waals surface area contributed by atoms with Crippen molar-refractivity contribution in [3.8, 4) is 11.4 Å². The van der Waals surface area contributed by atoms with Crippen molar-refractivity contribution in [2.75, 3.05) is 5.75 Å². The quantitative estimate of drug-likeness (QED) is 0.555. The van der Waals surface area contributed by atoms with Gasteiger partial charge in [0.2, 0.25) is 5.16 Å². The Morgan fingerprint density at radius 3 is 2.42 bits per heavy atom. The maximum absolute atomic E-state index is 12.6. The monoisotopic (exact) mass is 337 g/mol. The molecule has 3 aromatic rings. The lowest BCUT2D eigenvalue weighted by Crippen LogP contribution is -2.08. The molecular weight excluding hydrogens is 318 g/mol. The first-order valence-corrected chi connectivity index (χ1v) is 8.75. The van der Waals surface area contributed by atoms with Crippen LogP contribution in [0.4, 0.5) is 0 Å². The molecule has 1 heterocycles. The molecule has 1 aromatic heterocycles. The first-order chi connectivity index (χ1) is 11.5. The molecule has 3 rings (SSSR count). The summed E-state index contributed by atoms with van der Waals surface area (Å²) in [6.45, 7) is 6.01. The van der Waals surface area contributed by atoms with Crippen LogP contribution in [0.5, 0.6) is 0 Å². The number of aromatic nitrogens is 3. The Balaban J connectivity index is 1.71. The van der Waals surface area contributed by atoms with Gasteiger partial charge in [0.1, 0.15) is 0 Å². The van der Waals surface area contributed by atoms with Gasteiger partial charge in [-0.3, -0.25) is 9.89 Å². The van der Waals surface area contributed by atoms with E-state index in [1.807, 2.05) is 63.2 Å². The first kappa shape index (κ1) is 16.5. The van der Waals surface area contributed by atoms with E-state index in [-0.39, 0.29) is 5.78 Å². The van der Waals surface area contributed by atoms with Crippen LogP contribution >= 0.6 is 11.8 Å². The molecule has 0 bridgehead atoms. The van der Waals surface area contributed by atoms with Gasteiger partial charge in [0.25, 0.3) is 0 Å². The van der Waals surface area contributed by atoms with E-state index in [4.69, 9.17) is 0 Å². The van der Waals surface area contributed by atoms with E-state index >= 15 is 0 Å². The highest BCUT2D eigenvalue weighted by atomic mass is 32.2. The van der Waals surface area contributed by atoms with Crippen molar-refractivity contribution in [1.82, 2.24) is 15.2 Å². The lowest BCUT2D eigenvalue weighted by atomic mass is 9.97. The molecule has 0 fully saturated rings. The van der Waals surface area contributed by atoms with E-state index in [0.29, 0.717) is 16.7 Å². The fraction of sp³-hybridized carbons (Fsp3) is 0.211. The second-order valence-corrected chi connectivity index (χ2v) is 6.76. The minimum atomic E-state index is 0.112. The van der Waals surface area contributed by atoms with E-state index in [1.54, 1.807) is 0 Å². The molecule has 0 saturated carbocycles. The summed E-state index contributed by atoms with van der Waals surface area (Å²) >= 11 is 1.36. The molecule has 1 N–H and O–H groups in total. The Morgan fingerprint density at radius 1 is 1.08 bits per heavy atom. The number of ketones is 1. The van der Waals surface area contributed by atoms with Gasteiger partial charge in [0.15, 0.2) is 11.6 Å². The Bertz CT molecular complexity index is 848. The molecule has 0 saturated heterocycles. The number of carbonyl (C=O) groups is 1. The zero-order valence-electron chi connectivity index (χ0n) is 14.0. The van der Waals surface area contributed by atoms with Crippen LogP contribution in [0.1, 0.15) is 27.0 Å². The van der Waals surface area contributed by atoms with Gasteiger partial charge in [-0.15, -0.1) is 5.10 Å². The average Bonchev–Trinajstić information content (AvgIpc) is 3.02. The summed E-state index contributed by atoms with van der Waals surface area (Å²) in [5, 5.41) is 7.70. The van der Waals surface area contributed by atoms with Crippen LogP contribution < -0.4 is 0 Å². The van der Waals surface area contributed by atoms with Gasteiger partial charge in [0, 0.05) is 11.1 Å². The molecule has 4 nitrogen and oxygen atoms in total. The molecular formula is C19H19N3OS. The summed E-state index contributed by atoms with van der Waals surface area (Å²) in [6, 6.07) is 13.9. The van der Waals surface area contributed by atoms with Crippen LogP contribution in [0.25, 0.3) is 11.4 Å². The zero-order chi connectivity index (χ0) is 17.1. The highest BCUT2D eigenvalue weighted by molar-refractivity contribution is 7.99. The number of hydrogen-bond donors (Lipinski definition) is 1. The number of H-pyrrole nitrogens is 1. The molecule has 24 heavy (non-hydrogen) atoms. The van der Waals surface area contributed by atoms with Crippen LogP contribution in [-0.4, -0.2) is 26.7 Å². The van der Waals surface area contributed by atoms with Crippen molar-refractivity contribution < 1.29 is 4.79 Å². The molecule has 0 radical (unpaired) electrons. The van der Waals surface area contributed by atoms with Crippen LogP contribution in [0.15, 0.2) is 47.6 Å². The van der Waals surface area contributed by atoms with Crippen molar-refractivity contribution in [3.05, 3.63) is 64.7 Å². The van der Waals surface area contributed by atoms with Crippen molar-refractivity contribution in [3.63, 3.8) is 0 Å². The summed E-state index contributed by atoms with van der Waals surface area (Å²) in [5.41, 5.74) is 5.02. The number of thioether (sulfide) groups is 1. The minimum Gasteiger partial charge on any atom is -0.293 e. The van der Waals surface area contributed by atoms with Gasteiger partial charge >= 0.3 is 0 Å². The maximum atomic E-state index is 12.6. The fourth-order valence-corrected chi connectivity index (χ4v) is 3.53. The van der Waals surface area contributed by atoms with Crippen molar-refractivity contribution >= 4 is 17.5 Å². The highest BCUT2D eigenvalue weighted by Crippen LogP contribution is 2.22. The SMILES string of the molecule is Cc1cc(C)c(C(=O)CSc2n[nH]c(-c3ccccc3)n2)c(C)c1. The van der Waals surface area contributed by atoms with Gasteiger partial charge < -0.3 is 0 Å². The van der Waals surface area contributed by atoms with Gasteiger partial charge in [-0.1, -0.05) is 59.8 Å². The zero-order valence-corrected chi connectivity index (χ0v) is 14.8. The van der Waals surface area contributed by atoms with Crippen LogP contribution in [0, 0.1) is 20.8 Å². The van der Waals surface area contributed by atoms with Crippen molar-refractivity contribution in [2.45, 2.75) is 25.9 Å². The van der Waals surface area contributed by atoms with Gasteiger partial charge in [-0.05, 0) is 31.9 Å². The lowest BCUT2D eigenvalue weighted by molar-refractivity contribution is 0.102. The number of aryl methyl sites for hydroxylation is 3. The largest absolute Gasteiger partial charge is 0.293 e. The number of hydrogen-bond acceptors (Lipinski definition) is 4. The summed E-state index contributed by atoms with van der Waals surface area (Å²) in [7, 11) is 0. The molecule has 0 amide bonds. The van der Waals surface area contributed by atoms with Crippen molar-refractivity contribution in [2.24, 2.45) is 0 Å². The fourth-order valence-electron chi connectivity index (χ4n) is 2.86. The number of nitrogens with one attached hydrogen (secondary N) is 1. The van der Waals surface area contributed by atoms with E-state index in [1.165, 1.54) is 17.3 Å². The van der Waals surface area contributed by atoms with E-state index < -0.39 is 0 Å². The molecule has 0 aliphatic heterocycles. The third-order valence-corrected chi connectivity index (χ3v) is 4.65. The number of carbonyl (C=O) groups excluding carboxylic acids is 1. The van der Waals surface area contributed by atoms with Gasteiger partial charge in [-0.2, -0.15) is 0 Å². The number of benzene rings is 2. The number of nitrogens with zero attached hydrogens (tertiary/aromatic N) is 2. The predicted molar refractivity (Wildman–Crippen MR) is 97.5 cm³/mol. The standard InChI is InChI=1S/C19H19N3OS/c1-12-9-13(2)17(14(3)10-12)16(23)11-24-19-20-18(21-22-19)15-7-5-4-6-8-15/h4-10H,11H2,1-3H3,(H,20,21,22). The third kappa shape index (κ3) is 3.57. The molecule has 0 unspecified atom stereocenters. The van der Waals surface area contributed by atoms with Gasteiger partial charge in [0.05, 0.1) is 5.75 Å². The predicted octanol–water partition coefficient (Wildman–Crippen LogP) is 4.37. The second-order valence-electron chi connectivity index (χ2n) is 5.82. The Hall–Kier alpha value is -2.40. The maximum Gasteiger partial charge on any atom is 0.209 e. The molecule has 122 valence electrons. The number of rotatable bonds is 5. The minimum absolute atomic E-state index is 0.112. The normalized spacial score (nSPS) is 10.8. The smallest absolute Gasteiger partial charge is 0.209 e. The molecule has 0 aliphatic carbocycles. The first-order valence-electron chi connectivity index (χ1n) is 7.76. The molecule has 5 heteroatoms. The third-order valence-electron chi connectivity index (χ3n) is 3.80. The van der Waals surface area contributed by atoms with E-state index in [2.05, 4.69) is 15.2 Å². The summed E-state index contributed by atoms with van der Waals surface area (Å²) < 4.78 is 0. The topological polar surface area (TPSA) is 58.6 Å².